The lowest BCUT2D eigenvalue weighted by Gasteiger charge is -2.21. The van der Waals surface area contributed by atoms with Crippen LogP contribution in [0.15, 0.2) is 53.4 Å². The van der Waals surface area contributed by atoms with Crippen molar-refractivity contribution in [2.24, 2.45) is 0 Å². The summed E-state index contributed by atoms with van der Waals surface area (Å²) in [6.07, 6.45) is 1.74. The van der Waals surface area contributed by atoms with Crippen molar-refractivity contribution in [1.29, 1.82) is 0 Å². The Morgan fingerprint density at radius 2 is 1.64 bits per heavy atom. The Balaban J connectivity index is 2.20. The summed E-state index contributed by atoms with van der Waals surface area (Å²) < 4.78 is 33.2. The smallest absolute Gasteiger partial charge is 0.261 e. The van der Waals surface area contributed by atoms with Crippen LogP contribution in [0.2, 0.25) is 0 Å². The number of nitrogens with one attached hydrogen (secondary N) is 1. The van der Waals surface area contributed by atoms with E-state index in [2.05, 4.69) is 4.72 Å². The molecule has 6 nitrogen and oxygen atoms in total. The van der Waals surface area contributed by atoms with Crippen molar-refractivity contribution in [3.05, 3.63) is 54.1 Å². The Morgan fingerprint density at radius 1 is 1.00 bits per heavy atom. The minimum atomic E-state index is -3.76. The molecule has 7 heteroatoms. The number of anilines is 1. The Kier molecular flexibility index (Phi) is 7.87. The molecule has 0 radical (unpaired) electrons. The summed E-state index contributed by atoms with van der Waals surface area (Å²) in [7, 11) is -3.76. The molecule has 1 amide bonds. The number of rotatable bonds is 10. The van der Waals surface area contributed by atoms with Crippen molar-refractivity contribution in [3.63, 3.8) is 0 Å². The van der Waals surface area contributed by atoms with Gasteiger partial charge in [0, 0.05) is 24.3 Å². The Hall–Kier alpha value is -2.54. The molecule has 0 aliphatic carbocycles. The van der Waals surface area contributed by atoms with Gasteiger partial charge < -0.3 is 9.64 Å². The highest BCUT2D eigenvalue weighted by atomic mass is 32.2. The van der Waals surface area contributed by atoms with Crippen LogP contribution in [0, 0.1) is 0 Å². The van der Waals surface area contributed by atoms with Crippen LogP contribution in [0.3, 0.4) is 0 Å². The minimum absolute atomic E-state index is 0.0918. The molecule has 2 aromatic rings. The topological polar surface area (TPSA) is 75.7 Å². The van der Waals surface area contributed by atoms with E-state index in [0.717, 1.165) is 12.8 Å². The Bertz CT molecular complexity index is 874. The van der Waals surface area contributed by atoms with E-state index < -0.39 is 10.0 Å². The average Bonchev–Trinajstić information content (AvgIpc) is 2.68. The first kappa shape index (κ1) is 21.8. The highest BCUT2D eigenvalue weighted by molar-refractivity contribution is 7.92. The molecule has 0 aliphatic heterocycles. The third kappa shape index (κ3) is 5.73. The lowest BCUT2D eigenvalue weighted by molar-refractivity contribution is 0.0755. The fourth-order valence-corrected chi connectivity index (χ4v) is 3.90. The van der Waals surface area contributed by atoms with E-state index in [1.54, 1.807) is 41.3 Å². The van der Waals surface area contributed by atoms with E-state index in [1.165, 1.54) is 12.1 Å². The molecule has 0 heterocycles. The zero-order valence-corrected chi connectivity index (χ0v) is 17.5. The average molecular weight is 405 g/mol. The van der Waals surface area contributed by atoms with Crippen molar-refractivity contribution in [2.75, 3.05) is 24.4 Å². The number of hydrogen-bond donors (Lipinski definition) is 1. The molecule has 2 rings (SSSR count). The quantitative estimate of drug-likeness (QED) is 0.645. The fraction of sp³-hybridized carbons (Fsp3) is 0.381. The highest BCUT2D eigenvalue weighted by Crippen LogP contribution is 2.20. The van der Waals surface area contributed by atoms with E-state index in [1.807, 2.05) is 20.8 Å². The van der Waals surface area contributed by atoms with Crippen LogP contribution in [0.1, 0.15) is 44.0 Å². The number of amides is 1. The van der Waals surface area contributed by atoms with Crippen LogP contribution in [0.5, 0.6) is 5.75 Å². The lowest BCUT2D eigenvalue weighted by atomic mass is 10.1. The third-order valence-electron chi connectivity index (χ3n) is 4.08. The summed E-state index contributed by atoms with van der Waals surface area (Å²) in [5.41, 5.74) is 0.821. The summed E-state index contributed by atoms with van der Waals surface area (Å²) in [5.74, 6) is 0.520. The molecule has 0 bridgehead atoms. The molecule has 0 saturated heterocycles. The largest absolute Gasteiger partial charge is 0.494 e. The molecular weight excluding hydrogens is 376 g/mol. The number of sulfonamides is 1. The summed E-state index contributed by atoms with van der Waals surface area (Å²) in [6.45, 7) is 7.78. The summed E-state index contributed by atoms with van der Waals surface area (Å²) in [4.78, 5) is 14.7. The molecule has 0 aliphatic rings. The van der Waals surface area contributed by atoms with Gasteiger partial charge in [-0.15, -0.1) is 0 Å². The number of ether oxygens (including phenoxy) is 1. The van der Waals surface area contributed by atoms with Gasteiger partial charge in [-0.3, -0.25) is 9.52 Å². The lowest BCUT2D eigenvalue weighted by Crippen LogP contribution is -2.32. The molecule has 0 aromatic heterocycles. The van der Waals surface area contributed by atoms with Gasteiger partial charge in [0.15, 0.2) is 0 Å². The van der Waals surface area contributed by atoms with Gasteiger partial charge in [0.05, 0.1) is 11.5 Å². The Labute approximate surface area is 167 Å². The van der Waals surface area contributed by atoms with Crippen molar-refractivity contribution in [3.8, 4) is 5.75 Å². The second-order valence-electron chi connectivity index (χ2n) is 6.38. The van der Waals surface area contributed by atoms with Gasteiger partial charge in [0.25, 0.3) is 15.9 Å². The van der Waals surface area contributed by atoms with E-state index in [0.29, 0.717) is 36.7 Å². The molecule has 0 saturated carbocycles. The molecule has 28 heavy (non-hydrogen) atoms. The third-order valence-corrected chi connectivity index (χ3v) is 5.48. The van der Waals surface area contributed by atoms with Gasteiger partial charge in [-0.1, -0.05) is 19.9 Å². The van der Waals surface area contributed by atoms with Gasteiger partial charge in [0.1, 0.15) is 5.75 Å². The van der Waals surface area contributed by atoms with Crippen LogP contribution >= 0.6 is 0 Å². The van der Waals surface area contributed by atoms with Crippen LogP contribution in [-0.4, -0.2) is 38.9 Å². The summed E-state index contributed by atoms with van der Waals surface area (Å²) in [6, 6.07) is 12.8. The summed E-state index contributed by atoms with van der Waals surface area (Å²) >= 11 is 0. The number of hydrogen-bond acceptors (Lipinski definition) is 4. The van der Waals surface area contributed by atoms with E-state index in [9.17, 15) is 13.2 Å². The molecule has 152 valence electrons. The molecule has 0 spiro atoms. The van der Waals surface area contributed by atoms with Crippen LogP contribution in [0.25, 0.3) is 0 Å². The second kappa shape index (κ2) is 10.1. The monoisotopic (exact) mass is 404 g/mol. The van der Waals surface area contributed by atoms with Crippen LogP contribution < -0.4 is 9.46 Å². The number of benzene rings is 2. The molecular formula is C21H28N2O4S. The van der Waals surface area contributed by atoms with Gasteiger partial charge in [-0.2, -0.15) is 0 Å². The zero-order valence-electron chi connectivity index (χ0n) is 16.6. The number of carbonyl (C=O) groups is 1. The molecule has 1 N–H and O–H groups in total. The normalized spacial score (nSPS) is 11.1. The Morgan fingerprint density at radius 3 is 2.21 bits per heavy atom. The highest BCUT2D eigenvalue weighted by Gasteiger charge is 2.17. The predicted molar refractivity (Wildman–Crippen MR) is 111 cm³/mol. The van der Waals surface area contributed by atoms with Crippen molar-refractivity contribution in [2.45, 2.75) is 38.5 Å². The molecule has 2 aromatic carbocycles. The molecule has 0 unspecified atom stereocenters. The van der Waals surface area contributed by atoms with Gasteiger partial charge in [-0.25, -0.2) is 8.42 Å². The van der Waals surface area contributed by atoms with Crippen LogP contribution in [-0.2, 0) is 10.0 Å². The minimum Gasteiger partial charge on any atom is -0.494 e. The van der Waals surface area contributed by atoms with Crippen LogP contribution in [0.4, 0.5) is 5.69 Å². The number of carbonyl (C=O) groups excluding carboxylic acids is 1. The SMILES string of the molecule is CCCN(CCC)C(=O)c1cccc(NS(=O)(=O)c2ccc(OCC)cc2)c1. The molecule has 0 fully saturated rings. The maximum Gasteiger partial charge on any atom is 0.261 e. The van der Waals surface area contributed by atoms with Crippen molar-refractivity contribution >= 4 is 21.6 Å². The van der Waals surface area contributed by atoms with Gasteiger partial charge >= 0.3 is 0 Å². The van der Waals surface area contributed by atoms with E-state index in [4.69, 9.17) is 4.74 Å². The van der Waals surface area contributed by atoms with Gasteiger partial charge in [0.2, 0.25) is 0 Å². The van der Waals surface area contributed by atoms with E-state index in [-0.39, 0.29) is 10.8 Å². The maximum atomic E-state index is 12.7. The first-order chi connectivity index (χ1) is 13.4. The first-order valence-electron chi connectivity index (χ1n) is 9.56. The van der Waals surface area contributed by atoms with Gasteiger partial charge in [-0.05, 0) is 62.2 Å². The number of nitrogens with zero attached hydrogens (tertiary/aromatic N) is 1. The predicted octanol–water partition coefficient (Wildman–Crippen LogP) is 4.15. The zero-order chi connectivity index (χ0) is 20.6. The first-order valence-corrected chi connectivity index (χ1v) is 11.0. The standard InChI is InChI=1S/C21H28N2O4S/c1-4-14-23(15-5-2)21(24)17-8-7-9-18(16-17)22-28(25,26)20-12-10-19(11-13-20)27-6-3/h7-13,16,22H,4-6,14-15H2,1-3H3. The van der Waals surface area contributed by atoms with Crippen molar-refractivity contribution in [1.82, 2.24) is 4.90 Å². The fourth-order valence-electron chi connectivity index (χ4n) is 2.85. The van der Waals surface area contributed by atoms with E-state index >= 15 is 0 Å². The summed E-state index contributed by atoms with van der Waals surface area (Å²) in [5, 5.41) is 0. The maximum absolute atomic E-state index is 12.7. The molecule has 0 atom stereocenters. The van der Waals surface area contributed by atoms with Crippen molar-refractivity contribution < 1.29 is 17.9 Å². The second-order valence-corrected chi connectivity index (χ2v) is 8.07.